The van der Waals surface area contributed by atoms with Crippen LogP contribution in [0.3, 0.4) is 0 Å². The molecule has 0 atom stereocenters. The van der Waals surface area contributed by atoms with E-state index in [0.717, 1.165) is 49.9 Å². The number of fused-ring (bicyclic) bond motifs is 2. The molecule has 1 aliphatic carbocycles. The van der Waals surface area contributed by atoms with Crippen molar-refractivity contribution in [3.8, 4) is 0 Å². The van der Waals surface area contributed by atoms with Crippen LogP contribution in [-0.2, 0) is 4.79 Å². The largest absolute Gasteiger partial charge is 0.288 e. The fourth-order valence-corrected chi connectivity index (χ4v) is 5.25. The molecule has 4 aromatic rings. The van der Waals surface area contributed by atoms with Crippen molar-refractivity contribution < 1.29 is 4.79 Å². The lowest BCUT2D eigenvalue weighted by atomic mass is 10.2. The monoisotopic (exact) mass is 420 g/mol. The lowest BCUT2D eigenvalue weighted by Gasteiger charge is -2.17. The molecule has 5 nitrogen and oxygen atoms in total. The SMILES string of the molecule is CCN(C(=O)CSc1nc(C2CC2)nc2ccccc12)c1nc2ccccc2s1. The minimum Gasteiger partial charge on any atom is -0.288 e. The van der Waals surface area contributed by atoms with E-state index in [2.05, 4.69) is 4.98 Å². The zero-order valence-corrected chi connectivity index (χ0v) is 17.7. The number of rotatable bonds is 6. The van der Waals surface area contributed by atoms with Gasteiger partial charge in [0.05, 0.1) is 21.5 Å². The summed E-state index contributed by atoms with van der Waals surface area (Å²) in [5, 5.41) is 2.66. The van der Waals surface area contributed by atoms with Gasteiger partial charge in [-0.05, 0) is 38.0 Å². The number of hydrogen-bond acceptors (Lipinski definition) is 6. The number of carbonyl (C=O) groups excluding carboxylic acids is 1. The second-order valence-electron chi connectivity index (χ2n) is 7.07. The van der Waals surface area contributed by atoms with E-state index in [1.54, 1.807) is 16.2 Å². The Balaban J connectivity index is 1.39. The Morgan fingerprint density at radius 3 is 2.59 bits per heavy atom. The van der Waals surface area contributed by atoms with E-state index in [9.17, 15) is 4.79 Å². The van der Waals surface area contributed by atoms with Crippen LogP contribution in [0.25, 0.3) is 21.1 Å². The third-order valence-electron chi connectivity index (χ3n) is 4.99. The van der Waals surface area contributed by atoms with Crippen LogP contribution < -0.4 is 4.90 Å². The molecule has 0 aliphatic heterocycles. The fourth-order valence-electron chi connectivity index (χ4n) is 3.30. The Bertz CT molecular complexity index is 1170. The van der Waals surface area contributed by atoms with Crippen LogP contribution in [0.1, 0.15) is 31.5 Å². The van der Waals surface area contributed by atoms with E-state index in [1.165, 1.54) is 11.8 Å². The highest BCUT2D eigenvalue weighted by Gasteiger charge is 2.28. The number of amides is 1. The first-order valence-corrected chi connectivity index (χ1v) is 11.6. The van der Waals surface area contributed by atoms with Gasteiger partial charge in [-0.1, -0.05) is 53.4 Å². The number of thioether (sulfide) groups is 1. The molecule has 1 aliphatic rings. The second-order valence-corrected chi connectivity index (χ2v) is 9.04. The molecule has 0 saturated heterocycles. The molecule has 0 spiro atoms. The maximum Gasteiger partial charge on any atom is 0.239 e. The Kier molecular flexibility index (Phi) is 4.93. The average Bonchev–Trinajstić information content (AvgIpc) is 3.51. The van der Waals surface area contributed by atoms with E-state index in [0.29, 0.717) is 18.2 Å². The van der Waals surface area contributed by atoms with Crippen LogP contribution in [0.4, 0.5) is 5.13 Å². The second kappa shape index (κ2) is 7.72. The first kappa shape index (κ1) is 18.5. The maximum absolute atomic E-state index is 13.0. The minimum atomic E-state index is 0.0484. The highest BCUT2D eigenvalue weighted by molar-refractivity contribution is 8.00. The molecule has 2 heterocycles. The summed E-state index contributed by atoms with van der Waals surface area (Å²) >= 11 is 3.05. The molecule has 1 amide bonds. The van der Waals surface area contributed by atoms with Gasteiger partial charge in [0.15, 0.2) is 5.13 Å². The summed E-state index contributed by atoms with van der Waals surface area (Å²) in [5.74, 6) is 1.77. The first-order chi connectivity index (χ1) is 14.2. The molecule has 0 bridgehead atoms. The summed E-state index contributed by atoms with van der Waals surface area (Å²) in [6, 6.07) is 16.0. The average molecular weight is 421 g/mol. The topological polar surface area (TPSA) is 59.0 Å². The zero-order valence-electron chi connectivity index (χ0n) is 16.0. The van der Waals surface area contributed by atoms with Crippen molar-refractivity contribution in [2.45, 2.75) is 30.7 Å². The van der Waals surface area contributed by atoms with Crippen LogP contribution in [0.5, 0.6) is 0 Å². The van der Waals surface area contributed by atoms with E-state index >= 15 is 0 Å². The third-order valence-corrected chi connectivity index (χ3v) is 7.03. The Morgan fingerprint density at radius 1 is 1.07 bits per heavy atom. The Labute approximate surface area is 177 Å². The van der Waals surface area contributed by atoms with E-state index in [1.807, 2.05) is 55.5 Å². The molecule has 7 heteroatoms. The maximum atomic E-state index is 13.0. The van der Waals surface area contributed by atoms with Gasteiger partial charge >= 0.3 is 0 Å². The predicted octanol–water partition coefficient (Wildman–Crippen LogP) is 5.26. The number of nitrogens with zero attached hydrogens (tertiary/aromatic N) is 4. The quantitative estimate of drug-likeness (QED) is 0.314. The third kappa shape index (κ3) is 3.72. The Morgan fingerprint density at radius 2 is 1.83 bits per heavy atom. The molecule has 2 aromatic carbocycles. The van der Waals surface area contributed by atoms with E-state index < -0.39 is 0 Å². The highest BCUT2D eigenvalue weighted by Crippen LogP contribution is 2.40. The van der Waals surface area contributed by atoms with Crippen molar-refractivity contribution in [3.63, 3.8) is 0 Å². The van der Waals surface area contributed by atoms with Crippen LogP contribution in [-0.4, -0.2) is 33.2 Å². The molecule has 5 rings (SSSR count). The molecular weight excluding hydrogens is 400 g/mol. The molecule has 2 aromatic heterocycles. The summed E-state index contributed by atoms with van der Waals surface area (Å²) < 4.78 is 1.09. The summed E-state index contributed by atoms with van der Waals surface area (Å²) in [7, 11) is 0. The first-order valence-electron chi connectivity index (χ1n) is 9.78. The zero-order chi connectivity index (χ0) is 19.8. The normalized spacial score (nSPS) is 13.8. The standard InChI is InChI=1S/C22H20N4OS2/c1-2-26(22-24-17-9-5-6-10-18(17)29-22)19(27)13-28-21-15-7-3-4-8-16(15)23-20(25-21)14-11-12-14/h3-10,14H,2,11-13H2,1H3. The lowest BCUT2D eigenvalue weighted by molar-refractivity contribution is -0.116. The van der Waals surface area contributed by atoms with E-state index in [4.69, 9.17) is 9.97 Å². The lowest BCUT2D eigenvalue weighted by Crippen LogP contribution is -2.32. The fraction of sp³-hybridized carbons (Fsp3) is 0.273. The number of aromatic nitrogens is 3. The van der Waals surface area contributed by atoms with Crippen molar-refractivity contribution >= 4 is 55.3 Å². The molecule has 0 N–H and O–H groups in total. The van der Waals surface area contributed by atoms with Crippen molar-refractivity contribution in [2.24, 2.45) is 0 Å². The van der Waals surface area contributed by atoms with Gasteiger partial charge in [0.2, 0.25) is 5.91 Å². The van der Waals surface area contributed by atoms with Gasteiger partial charge in [0.25, 0.3) is 0 Å². The molecule has 0 unspecified atom stereocenters. The van der Waals surface area contributed by atoms with Crippen LogP contribution >= 0.6 is 23.1 Å². The number of benzene rings is 2. The van der Waals surface area contributed by atoms with Crippen molar-refractivity contribution in [1.82, 2.24) is 15.0 Å². The number of carbonyl (C=O) groups is 1. The smallest absolute Gasteiger partial charge is 0.239 e. The molecule has 1 saturated carbocycles. The van der Waals surface area contributed by atoms with Crippen molar-refractivity contribution in [3.05, 3.63) is 54.4 Å². The van der Waals surface area contributed by atoms with Crippen LogP contribution in [0, 0.1) is 0 Å². The van der Waals surface area contributed by atoms with Gasteiger partial charge in [-0.3, -0.25) is 9.69 Å². The molecule has 0 radical (unpaired) electrons. The minimum absolute atomic E-state index is 0.0484. The van der Waals surface area contributed by atoms with Gasteiger partial charge < -0.3 is 0 Å². The van der Waals surface area contributed by atoms with Gasteiger partial charge in [-0.2, -0.15) is 0 Å². The molecule has 29 heavy (non-hydrogen) atoms. The number of anilines is 1. The van der Waals surface area contributed by atoms with Crippen LogP contribution in [0.15, 0.2) is 53.6 Å². The van der Waals surface area contributed by atoms with E-state index in [-0.39, 0.29) is 5.91 Å². The summed E-state index contributed by atoms with van der Waals surface area (Å²) in [5.41, 5.74) is 1.89. The summed E-state index contributed by atoms with van der Waals surface area (Å²) in [4.78, 5) is 28.9. The number of hydrogen-bond donors (Lipinski definition) is 0. The number of para-hydroxylation sites is 2. The van der Waals surface area contributed by atoms with Gasteiger partial charge in [0.1, 0.15) is 10.9 Å². The molecular formula is C22H20N4OS2. The summed E-state index contributed by atoms with van der Waals surface area (Å²) in [6.45, 7) is 2.58. The van der Waals surface area contributed by atoms with Crippen LogP contribution in [0.2, 0.25) is 0 Å². The Hall–Kier alpha value is -2.51. The number of thiazole rings is 1. The predicted molar refractivity (Wildman–Crippen MR) is 120 cm³/mol. The summed E-state index contributed by atoms with van der Waals surface area (Å²) in [6.07, 6.45) is 2.31. The molecule has 1 fully saturated rings. The van der Waals surface area contributed by atoms with Gasteiger partial charge in [0, 0.05) is 17.8 Å². The molecule has 146 valence electrons. The van der Waals surface area contributed by atoms with Crippen molar-refractivity contribution in [1.29, 1.82) is 0 Å². The van der Waals surface area contributed by atoms with Crippen molar-refractivity contribution in [2.75, 3.05) is 17.2 Å². The van der Waals surface area contributed by atoms with Gasteiger partial charge in [-0.15, -0.1) is 0 Å². The van der Waals surface area contributed by atoms with Gasteiger partial charge in [-0.25, -0.2) is 15.0 Å². The highest BCUT2D eigenvalue weighted by atomic mass is 32.2.